The first-order valence-corrected chi connectivity index (χ1v) is 6.75. The molecule has 0 spiro atoms. The summed E-state index contributed by atoms with van der Waals surface area (Å²) in [6.45, 7) is 3.31. The molecule has 0 aliphatic carbocycles. The zero-order chi connectivity index (χ0) is 14.1. The average molecular weight is 271 g/mol. The lowest BCUT2D eigenvalue weighted by Gasteiger charge is -2.35. The molecule has 4 nitrogen and oxygen atoms in total. The van der Waals surface area contributed by atoms with Gasteiger partial charge in [-0.05, 0) is 30.2 Å². The number of benzene rings is 1. The number of hydrogen-bond acceptors (Lipinski definition) is 3. The number of rotatable bonds is 3. The summed E-state index contributed by atoms with van der Waals surface area (Å²) in [7, 11) is 0. The Kier molecular flexibility index (Phi) is 3.32. The number of fused-ring (bicyclic) bond motifs is 1. The highest BCUT2D eigenvalue weighted by molar-refractivity contribution is 5.77. The predicted octanol–water partition coefficient (Wildman–Crippen LogP) is 3.02. The van der Waals surface area contributed by atoms with Gasteiger partial charge in [0.15, 0.2) is 0 Å². The third-order valence-corrected chi connectivity index (χ3v) is 4.02. The number of hydrogen-bond donors (Lipinski definition) is 1. The largest absolute Gasteiger partial charge is 0.481 e. The fraction of sp³-hybridized carbons (Fsp3) is 0.312. The van der Waals surface area contributed by atoms with Gasteiger partial charge in [0.2, 0.25) is 0 Å². The van der Waals surface area contributed by atoms with Crippen molar-refractivity contribution >= 4 is 5.97 Å². The van der Waals surface area contributed by atoms with Crippen LogP contribution in [0.2, 0.25) is 0 Å². The zero-order valence-corrected chi connectivity index (χ0v) is 11.3. The Morgan fingerprint density at radius 3 is 2.85 bits per heavy atom. The van der Waals surface area contributed by atoms with Crippen LogP contribution in [0.1, 0.15) is 35.8 Å². The summed E-state index contributed by atoms with van der Waals surface area (Å²) in [4.78, 5) is 13.7. The number of carboxylic acids is 1. The van der Waals surface area contributed by atoms with Crippen LogP contribution in [0.3, 0.4) is 0 Å². The normalized spacial score (nSPS) is 20.4. The van der Waals surface area contributed by atoms with E-state index in [0.29, 0.717) is 6.54 Å². The second-order valence-electron chi connectivity index (χ2n) is 5.21. The summed E-state index contributed by atoms with van der Waals surface area (Å²) in [6, 6.07) is 11.6. The van der Waals surface area contributed by atoms with Crippen LogP contribution in [0.15, 0.2) is 47.1 Å². The molecule has 3 rings (SSSR count). The van der Waals surface area contributed by atoms with Gasteiger partial charge in [-0.25, -0.2) is 0 Å². The summed E-state index contributed by atoms with van der Waals surface area (Å²) in [5, 5.41) is 9.47. The van der Waals surface area contributed by atoms with Crippen LogP contribution in [0, 0.1) is 0 Å². The minimum absolute atomic E-state index is 0.0696. The molecule has 0 fully saturated rings. The highest BCUT2D eigenvalue weighted by Gasteiger charge is 2.33. The summed E-state index contributed by atoms with van der Waals surface area (Å²) in [6.07, 6.45) is 1.65. The number of furan rings is 1. The van der Waals surface area contributed by atoms with E-state index in [9.17, 15) is 9.90 Å². The molecule has 104 valence electrons. The molecule has 2 heterocycles. The average Bonchev–Trinajstić information content (AvgIpc) is 2.99. The highest BCUT2D eigenvalue weighted by Crippen LogP contribution is 2.33. The number of carbonyl (C=O) groups is 1. The van der Waals surface area contributed by atoms with Crippen molar-refractivity contribution in [1.29, 1.82) is 0 Å². The van der Waals surface area contributed by atoms with E-state index in [2.05, 4.69) is 4.90 Å². The minimum atomic E-state index is -0.770. The summed E-state index contributed by atoms with van der Waals surface area (Å²) in [5.74, 6) is -0.375. The van der Waals surface area contributed by atoms with Crippen LogP contribution < -0.4 is 0 Å². The van der Waals surface area contributed by atoms with Crippen molar-refractivity contribution in [2.45, 2.75) is 25.4 Å². The molecule has 2 unspecified atom stereocenters. The van der Waals surface area contributed by atoms with Crippen molar-refractivity contribution in [1.82, 2.24) is 4.90 Å². The van der Waals surface area contributed by atoms with Crippen molar-refractivity contribution in [2.24, 2.45) is 0 Å². The van der Waals surface area contributed by atoms with Gasteiger partial charge in [0.25, 0.3) is 0 Å². The van der Waals surface area contributed by atoms with Gasteiger partial charge in [0.1, 0.15) is 5.76 Å². The molecular formula is C16H17NO3. The Hall–Kier alpha value is -2.07. The first kappa shape index (κ1) is 12.9. The highest BCUT2D eigenvalue weighted by atomic mass is 16.4. The van der Waals surface area contributed by atoms with Gasteiger partial charge >= 0.3 is 5.97 Å². The van der Waals surface area contributed by atoms with Crippen molar-refractivity contribution in [3.8, 4) is 0 Å². The van der Waals surface area contributed by atoms with Crippen molar-refractivity contribution in [2.75, 3.05) is 6.54 Å². The van der Waals surface area contributed by atoms with E-state index in [1.54, 1.807) is 6.26 Å². The molecule has 0 radical (unpaired) electrons. The Balaban J connectivity index is 1.92. The molecule has 1 aromatic carbocycles. The lowest BCUT2D eigenvalue weighted by atomic mass is 9.89. The van der Waals surface area contributed by atoms with Gasteiger partial charge in [0, 0.05) is 13.1 Å². The number of nitrogens with zero attached hydrogens (tertiary/aromatic N) is 1. The van der Waals surface area contributed by atoms with E-state index in [0.717, 1.165) is 23.4 Å². The maximum Gasteiger partial charge on any atom is 0.312 e. The van der Waals surface area contributed by atoms with Crippen LogP contribution in [-0.2, 0) is 11.3 Å². The molecule has 2 aromatic rings. The Bertz CT molecular complexity index is 606. The van der Waals surface area contributed by atoms with Crippen LogP contribution >= 0.6 is 0 Å². The summed E-state index contributed by atoms with van der Waals surface area (Å²) >= 11 is 0. The van der Waals surface area contributed by atoms with Gasteiger partial charge in [-0.1, -0.05) is 24.3 Å². The molecule has 20 heavy (non-hydrogen) atoms. The molecule has 4 heteroatoms. The molecule has 0 amide bonds. The van der Waals surface area contributed by atoms with Gasteiger partial charge in [-0.15, -0.1) is 0 Å². The van der Waals surface area contributed by atoms with Crippen LogP contribution in [-0.4, -0.2) is 22.5 Å². The van der Waals surface area contributed by atoms with E-state index in [4.69, 9.17) is 4.42 Å². The SMILES string of the molecule is CC(c1ccco1)N1Cc2ccccc2C(C(=O)O)C1. The van der Waals surface area contributed by atoms with E-state index < -0.39 is 11.9 Å². The van der Waals surface area contributed by atoms with Gasteiger partial charge in [0.05, 0.1) is 18.2 Å². The van der Waals surface area contributed by atoms with E-state index in [1.165, 1.54) is 0 Å². The second kappa shape index (κ2) is 5.13. The number of aliphatic carboxylic acids is 1. The molecule has 1 aliphatic rings. The fourth-order valence-corrected chi connectivity index (χ4v) is 2.85. The second-order valence-corrected chi connectivity index (χ2v) is 5.21. The maximum atomic E-state index is 11.5. The third-order valence-electron chi connectivity index (χ3n) is 4.02. The van der Waals surface area contributed by atoms with E-state index >= 15 is 0 Å². The van der Waals surface area contributed by atoms with Gasteiger partial charge in [-0.2, -0.15) is 0 Å². The van der Waals surface area contributed by atoms with Crippen LogP contribution in [0.4, 0.5) is 0 Å². The monoisotopic (exact) mass is 271 g/mol. The molecule has 1 N–H and O–H groups in total. The summed E-state index contributed by atoms with van der Waals surface area (Å²) < 4.78 is 5.44. The molecule has 2 atom stereocenters. The molecule has 0 saturated carbocycles. The molecular weight excluding hydrogens is 254 g/mol. The van der Waals surface area contributed by atoms with Crippen LogP contribution in [0.5, 0.6) is 0 Å². The topological polar surface area (TPSA) is 53.7 Å². The molecule has 1 aliphatic heterocycles. The third kappa shape index (κ3) is 2.23. The van der Waals surface area contributed by atoms with Crippen molar-refractivity contribution in [3.05, 3.63) is 59.5 Å². The smallest absolute Gasteiger partial charge is 0.312 e. The number of carboxylic acid groups (broad SMARTS) is 1. The van der Waals surface area contributed by atoms with Crippen molar-refractivity contribution in [3.63, 3.8) is 0 Å². The Morgan fingerprint density at radius 1 is 1.35 bits per heavy atom. The quantitative estimate of drug-likeness (QED) is 0.932. The van der Waals surface area contributed by atoms with Gasteiger partial charge < -0.3 is 9.52 Å². The lowest BCUT2D eigenvalue weighted by Crippen LogP contribution is -2.38. The molecule has 0 bridgehead atoms. The zero-order valence-electron chi connectivity index (χ0n) is 11.3. The standard InChI is InChI=1S/C16H17NO3/c1-11(15-7-4-8-20-15)17-9-12-5-2-3-6-13(12)14(10-17)16(18)19/h2-8,11,14H,9-10H2,1H3,(H,18,19). The first-order valence-electron chi connectivity index (χ1n) is 6.75. The van der Waals surface area contributed by atoms with E-state index in [-0.39, 0.29) is 6.04 Å². The van der Waals surface area contributed by atoms with Crippen LogP contribution in [0.25, 0.3) is 0 Å². The molecule has 1 aromatic heterocycles. The summed E-state index contributed by atoms with van der Waals surface area (Å²) in [5.41, 5.74) is 2.02. The van der Waals surface area contributed by atoms with Gasteiger partial charge in [-0.3, -0.25) is 9.69 Å². The molecule has 0 saturated heterocycles. The Labute approximate surface area is 117 Å². The van der Waals surface area contributed by atoms with Crippen molar-refractivity contribution < 1.29 is 14.3 Å². The predicted molar refractivity (Wildman–Crippen MR) is 74.4 cm³/mol. The minimum Gasteiger partial charge on any atom is -0.481 e. The fourth-order valence-electron chi connectivity index (χ4n) is 2.85. The lowest BCUT2D eigenvalue weighted by molar-refractivity contribution is -0.139. The first-order chi connectivity index (χ1) is 9.66. The Morgan fingerprint density at radius 2 is 2.15 bits per heavy atom. The van der Waals surface area contributed by atoms with E-state index in [1.807, 2.05) is 43.3 Å². The maximum absolute atomic E-state index is 11.5.